The first-order valence-electron chi connectivity index (χ1n) is 12.7. The minimum Gasteiger partial charge on any atom is -0.490 e. The van der Waals surface area contributed by atoms with E-state index in [9.17, 15) is 14.4 Å². The van der Waals surface area contributed by atoms with Gasteiger partial charge in [0.05, 0.1) is 0 Å². The maximum atomic E-state index is 13.4. The third kappa shape index (κ3) is 6.76. The van der Waals surface area contributed by atoms with E-state index in [1.807, 2.05) is 39.0 Å². The largest absolute Gasteiger partial charge is 0.490 e. The average Bonchev–Trinajstić information content (AvgIpc) is 2.85. The number of likely N-dealkylation sites (N-methyl/N-ethyl adjacent to an activating group) is 1. The summed E-state index contributed by atoms with van der Waals surface area (Å²) in [6.45, 7) is 7.29. The lowest BCUT2D eigenvalue weighted by Gasteiger charge is -2.41. The summed E-state index contributed by atoms with van der Waals surface area (Å²) in [5.74, 6) is 1.04. The van der Waals surface area contributed by atoms with Gasteiger partial charge in [-0.3, -0.25) is 14.4 Å². The van der Waals surface area contributed by atoms with Gasteiger partial charge in [0.2, 0.25) is 17.7 Å². The maximum Gasteiger partial charge on any atom is 0.225 e. The molecule has 0 N–H and O–H groups in total. The Morgan fingerprint density at radius 3 is 2.29 bits per heavy atom. The number of piperidine rings is 2. The number of hydrogen-bond acceptors (Lipinski definition) is 5. The zero-order chi connectivity index (χ0) is 24.9. The molecule has 1 aromatic rings. The summed E-state index contributed by atoms with van der Waals surface area (Å²) in [6.07, 6.45) is 2.37. The molecule has 3 fully saturated rings. The van der Waals surface area contributed by atoms with E-state index < -0.39 is 0 Å². The Hall–Kier alpha value is -2.13. The molecule has 4 rings (SSSR count). The predicted octanol–water partition coefficient (Wildman–Crippen LogP) is 2.47. The van der Waals surface area contributed by atoms with Crippen molar-refractivity contribution in [1.29, 1.82) is 0 Å². The topological polar surface area (TPSA) is 73.4 Å². The fraction of sp³-hybridized carbons (Fsp3) is 0.654. The van der Waals surface area contributed by atoms with Crippen LogP contribution in [0.2, 0.25) is 0 Å². The van der Waals surface area contributed by atoms with Gasteiger partial charge in [-0.1, -0.05) is 22.0 Å². The Labute approximate surface area is 216 Å². The molecule has 0 aromatic heterocycles. The van der Waals surface area contributed by atoms with E-state index in [0.29, 0.717) is 51.9 Å². The highest BCUT2D eigenvalue weighted by molar-refractivity contribution is 9.10. The van der Waals surface area contributed by atoms with E-state index in [-0.39, 0.29) is 35.7 Å². The molecule has 3 amide bonds. The van der Waals surface area contributed by atoms with Gasteiger partial charge in [0.25, 0.3) is 0 Å². The highest BCUT2D eigenvalue weighted by atomic mass is 79.9. The lowest BCUT2D eigenvalue weighted by Crippen LogP contribution is -2.53. The highest BCUT2D eigenvalue weighted by Crippen LogP contribution is 2.30. The Morgan fingerprint density at radius 2 is 1.63 bits per heavy atom. The van der Waals surface area contributed by atoms with Crippen LogP contribution < -0.4 is 4.74 Å². The minimum atomic E-state index is -0.121. The quantitative estimate of drug-likeness (QED) is 0.565. The number of piperazine rings is 1. The molecule has 3 saturated heterocycles. The average molecular weight is 550 g/mol. The summed E-state index contributed by atoms with van der Waals surface area (Å²) < 4.78 is 7.33. The monoisotopic (exact) mass is 548 g/mol. The number of nitrogens with zero attached hydrogens (tertiary/aromatic N) is 4. The van der Waals surface area contributed by atoms with Gasteiger partial charge in [-0.05, 0) is 38.1 Å². The summed E-state index contributed by atoms with van der Waals surface area (Å²) in [4.78, 5) is 46.2. The third-order valence-electron chi connectivity index (χ3n) is 7.64. The molecule has 8 nitrogen and oxygen atoms in total. The van der Waals surface area contributed by atoms with Crippen LogP contribution in [0.25, 0.3) is 0 Å². The first kappa shape index (κ1) is 25.9. The zero-order valence-corrected chi connectivity index (χ0v) is 22.4. The molecule has 0 spiro atoms. The Balaban J connectivity index is 1.42. The van der Waals surface area contributed by atoms with Gasteiger partial charge in [-0.2, -0.15) is 0 Å². The highest BCUT2D eigenvalue weighted by Gasteiger charge is 2.38. The Bertz CT molecular complexity index is 912. The van der Waals surface area contributed by atoms with E-state index in [2.05, 4.69) is 27.9 Å². The van der Waals surface area contributed by atoms with Crippen molar-refractivity contribution in [3.63, 3.8) is 0 Å². The van der Waals surface area contributed by atoms with Crippen LogP contribution in [0.5, 0.6) is 5.75 Å². The standard InChI is InChI=1S/C26H37BrN4O4/c1-19(32)29-9-6-20(7-10-29)26(34)31-11-8-24(35-23-5-3-4-22(27)17-23)21(18-31)16-25(33)30-14-12-28(2)13-15-30/h3-5,17,20-21,24H,6-16,18H2,1-2H3/t21-,24-/m0/s1. The lowest BCUT2D eigenvalue weighted by molar-refractivity contribution is -0.144. The van der Waals surface area contributed by atoms with Gasteiger partial charge in [-0.25, -0.2) is 0 Å². The Morgan fingerprint density at radius 1 is 0.943 bits per heavy atom. The Kier molecular flexibility index (Phi) is 8.70. The number of halogens is 1. The first-order chi connectivity index (χ1) is 16.8. The molecule has 3 aliphatic heterocycles. The van der Waals surface area contributed by atoms with Crippen molar-refractivity contribution in [2.24, 2.45) is 11.8 Å². The van der Waals surface area contributed by atoms with Crippen molar-refractivity contribution in [2.45, 2.75) is 38.7 Å². The molecule has 0 bridgehead atoms. The first-order valence-corrected chi connectivity index (χ1v) is 13.5. The van der Waals surface area contributed by atoms with Crippen LogP contribution in [0.4, 0.5) is 0 Å². The van der Waals surface area contributed by atoms with E-state index >= 15 is 0 Å². The van der Waals surface area contributed by atoms with Crippen LogP contribution in [-0.2, 0) is 14.4 Å². The molecule has 3 heterocycles. The maximum absolute atomic E-state index is 13.4. The fourth-order valence-electron chi connectivity index (χ4n) is 5.39. The second-order valence-electron chi connectivity index (χ2n) is 10.1. The molecular formula is C26H37BrN4O4. The van der Waals surface area contributed by atoms with Gasteiger partial charge in [-0.15, -0.1) is 0 Å². The summed E-state index contributed by atoms with van der Waals surface area (Å²) in [5.41, 5.74) is 0. The number of rotatable bonds is 5. The molecule has 0 saturated carbocycles. The summed E-state index contributed by atoms with van der Waals surface area (Å²) in [6, 6.07) is 7.78. The minimum absolute atomic E-state index is 0.0536. The number of carbonyl (C=O) groups is 3. The van der Waals surface area contributed by atoms with Crippen molar-refractivity contribution >= 4 is 33.7 Å². The number of ether oxygens (including phenoxy) is 1. The number of benzene rings is 1. The van der Waals surface area contributed by atoms with E-state index in [1.165, 1.54) is 0 Å². The molecule has 0 aliphatic carbocycles. The van der Waals surface area contributed by atoms with E-state index in [4.69, 9.17) is 4.74 Å². The van der Waals surface area contributed by atoms with Crippen LogP contribution in [-0.4, -0.2) is 103 Å². The zero-order valence-electron chi connectivity index (χ0n) is 20.8. The number of likely N-dealkylation sites (tertiary alicyclic amines) is 2. The van der Waals surface area contributed by atoms with Gasteiger partial charge in [0.15, 0.2) is 0 Å². The van der Waals surface area contributed by atoms with Crippen LogP contribution in [0, 0.1) is 11.8 Å². The third-order valence-corrected chi connectivity index (χ3v) is 8.13. The number of amides is 3. The molecule has 1 aromatic carbocycles. The second-order valence-corrected chi connectivity index (χ2v) is 11.0. The molecule has 192 valence electrons. The summed E-state index contributed by atoms with van der Waals surface area (Å²) in [5, 5.41) is 0. The summed E-state index contributed by atoms with van der Waals surface area (Å²) in [7, 11) is 2.08. The smallest absolute Gasteiger partial charge is 0.225 e. The number of hydrogen-bond donors (Lipinski definition) is 0. The van der Waals surface area contributed by atoms with E-state index in [0.717, 1.165) is 36.4 Å². The van der Waals surface area contributed by atoms with Crippen LogP contribution >= 0.6 is 15.9 Å². The van der Waals surface area contributed by atoms with Crippen LogP contribution in [0.1, 0.15) is 32.6 Å². The molecule has 0 unspecified atom stereocenters. The van der Waals surface area contributed by atoms with E-state index in [1.54, 1.807) is 6.92 Å². The fourth-order valence-corrected chi connectivity index (χ4v) is 5.76. The predicted molar refractivity (Wildman–Crippen MR) is 137 cm³/mol. The van der Waals surface area contributed by atoms with Gasteiger partial charge in [0.1, 0.15) is 11.9 Å². The molecule has 3 aliphatic rings. The molecule has 2 atom stereocenters. The number of carbonyl (C=O) groups excluding carboxylic acids is 3. The van der Waals surface area contributed by atoms with Crippen LogP contribution in [0.15, 0.2) is 28.7 Å². The van der Waals surface area contributed by atoms with Crippen molar-refractivity contribution in [1.82, 2.24) is 19.6 Å². The summed E-state index contributed by atoms with van der Waals surface area (Å²) >= 11 is 3.50. The molecule has 9 heteroatoms. The van der Waals surface area contributed by atoms with Crippen molar-refractivity contribution in [3.8, 4) is 5.75 Å². The van der Waals surface area contributed by atoms with Crippen molar-refractivity contribution < 1.29 is 19.1 Å². The van der Waals surface area contributed by atoms with Crippen molar-refractivity contribution in [2.75, 3.05) is 59.4 Å². The normalized spacial score (nSPS) is 24.4. The van der Waals surface area contributed by atoms with Gasteiger partial charge in [0, 0.05) is 88.4 Å². The molecular weight excluding hydrogens is 512 g/mol. The molecule has 0 radical (unpaired) electrons. The molecule has 35 heavy (non-hydrogen) atoms. The second kappa shape index (κ2) is 11.7. The SMILES string of the molecule is CC(=O)N1CCC(C(=O)N2CC[C@H](Oc3cccc(Br)c3)[C@@H](CC(=O)N3CCN(C)CC3)C2)CC1. The van der Waals surface area contributed by atoms with Gasteiger partial charge >= 0.3 is 0 Å². The lowest BCUT2D eigenvalue weighted by atomic mass is 9.88. The van der Waals surface area contributed by atoms with Gasteiger partial charge < -0.3 is 24.3 Å². The van der Waals surface area contributed by atoms with Crippen molar-refractivity contribution in [3.05, 3.63) is 28.7 Å². The van der Waals surface area contributed by atoms with Crippen LogP contribution in [0.3, 0.4) is 0 Å².